The molecular formula is C19H22FN3O3. The number of benzene rings is 1. The maximum absolute atomic E-state index is 13.9. The summed E-state index contributed by atoms with van der Waals surface area (Å²) >= 11 is 0. The molecule has 1 fully saturated rings. The fraction of sp³-hybridized carbons (Fsp3) is 0.368. The summed E-state index contributed by atoms with van der Waals surface area (Å²) < 4.78 is 23.8. The number of rotatable bonds is 5. The van der Waals surface area contributed by atoms with E-state index in [1.807, 2.05) is 12.1 Å². The van der Waals surface area contributed by atoms with Crippen LogP contribution in [0.3, 0.4) is 0 Å². The van der Waals surface area contributed by atoms with E-state index in [1.165, 1.54) is 13.2 Å². The molecule has 0 unspecified atom stereocenters. The van der Waals surface area contributed by atoms with Crippen LogP contribution >= 0.6 is 0 Å². The van der Waals surface area contributed by atoms with Gasteiger partial charge in [-0.05, 0) is 31.2 Å². The number of anilines is 2. The first-order valence-electron chi connectivity index (χ1n) is 8.59. The minimum absolute atomic E-state index is 0.248. The molecule has 1 aromatic heterocycles. The zero-order valence-corrected chi connectivity index (χ0v) is 14.9. The van der Waals surface area contributed by atoms with Crippen molar-refractivity contribution < 1.29 is 18.7 Å². The highest BCUT2D eigenvalue weighted by atomic mass is 19.1. The van der Waals surface area contributed by atoms with Crippen molar-refractivity contribution in [3.8, 4) is 5.75 Å². The molecule has 0 atom stereocenters. The Bertz CT molecular complexity index is 759. The van der Waals surface area contributed by atoms with Crippen molar-refractivity contribution in [3.05, 3.63) is 47.9 Å². The third-order valence-electron chi connectivity index (χ3n) is 4.36. The molecule has 1 aromatic carbocycles. The van der Waals surface area contributed by atoms with Crippen LogP contribution in [0.1, 0.15) is 17.3 Å². The lowest BCUT2D eigenvalue weighted by molar-refractivity contribution is 0.0526. The van der Waals surface area contributed by atoms with Crippen LogP contribution in [-0.2, 0) is 4.74 Å². The van der Waals surface area contributed by atoms with Gasteiger partial charge in [0.25, 0.3) is 0 Å². The first-order chi connectivity index (χ1) is 12.6. The molecule has 0 spiro atoms. The van der Waals surface area contributed by atoms with Crippen molar-refractivity contribution in [1.29, 1.82) is 0 Å². The Kier molecular flexibility index (Phi) is 5.55. The molecule has 0 saturated carbocycles. The molecule has 3 rings (SSSR count). The number of nitrogens with zero attached hydrogens (tertiary/aromatic N) is 3. The van der Waals surface area contributed by atoms with E-state index in [0.29, 0.717) is 12.2 Å². The second-order valence-electron chi connectivity index (χ2n) is 5.92. The summed E-state index contributed by atoms with van der Waals surface area (Å²) in [4.78, 5) is 20.3. The van der Waals surface area contributed by atoms with Gasteiger partial charge in [0.05, 0.1) is 19.3 Å². The van der Waals surface area contributed by atoms with Gasteiger partial charge in [0.1, 0.15) is 5.82 Å². The Balaban J connectivity index is 1.61. The lowest BCUT2D eigenvalue weighted by Crippen LogP contribution is -2.46. The van der Waals surface area contributed by atoms with Crippen LogP contribution in [0.2, 0.25) is 0 Å². The van der Waals surface area contributed by atoms with E-state index in [4.69, 9.17) is 9.47 Å². The molecule has 0 amide bonds. The summed E-state index contributed by atoms with van der Waals surface area (Å²) in [6.45, 7) is 5.15. The van der Waals surface area contributed by atoms with Gasteiger partial charge in [0.2, 0.25) is 0 Å². The number of ether oxygens (including phenoxy) is 2. The molecule has 0 N–H and O–H groups in total. The quantitative estimate of drug-likeness (QED) is 0.765. The molecule has 7 heteroatoms. The number of aromatic nitrogens is 1. The summed E-state index contributed by atoms with van der Waals surface area (Å²) in [5.74, 6) is 0.346. The van der Waals surface area contributed by atoms with Crippen molar-refractivity contribution in [2.24, 2.45) is 0 Å². The second-order valence-corrected chi connectivity index (χ2v) is 5.92. The summed E-state index contributed by atoms with van der Waals surface area (Å²) in [5, 5.41) is 0. The van der Waals surface area contributed by atoms with Crippen molar-refractivity contribution in [2.45, 2.75) is 6.92 Å². The Labute approximate surface area is 152 Å². The fourth-order valence-electron chi connectivity index (χ4n) is 2.95. The zero-order chi connectivity index (χ0) is 18.5. The number of halogens is 1. The standard InChI is InChI=1S/C19H22FN3O3/c1-3-26-19(24)14-4-7-18(21-13-14)23-10-8-22(9-11-23)15-5-6-17(25-2)16(20)12-15/h4-7,12-13H,3,8-11H2,1-2H3. The van der Waals surface area contributed by atoms with E-state index in [9.17, 15) is 9.18 Å². The van der Waals surface area contributed by atoms with E-state index in [2.05, 4.69) is 14.8 Å². The van der Waals surface area contributed by atoms with Gasteiger partial charge in [0, 0.05) is 44.1 Å². The number of hydrogen-bond donors (Lipinski definition) is 0. The number of methoxy groups -OCH3 is 1. The van der Waals surface area contributed by atoms with Gasteiger partial charge in [-0.1, -0.05) is 0 Å². The molecule has 0 radical (unpaired) electrons. The Morgan fingerprint density at radius 2 is 1.88 bits per heavy atom. The summed E-state index contributed by atoms with van der Waals surface area (Å²) in [6.07, 6.45) is 1.54. The van der Waals surface area contributed by atoms with E-state index >= 15 is 0 Å². The minimum Gasteiger partial charge on any atom is -0.494 e. The molecule has 138 valence electrons. The topological polar surface area (TPSA) is 54.9 Å². The average Bonchev–Trinajstić information content (AvgIpc) is 2.68. The average molecular weight is 359 g/mol. The molecule has 1 saturated heterocycles. The molecule has 2 heterocycles. The third-order valence-corrected chi connectivity index (χ3v) is 4.36. The Morgan fingerprint density at radius 1 is 1.15 bits per heavy atom. The second kappa shape index (κ2) is 8.03. The highest BCUT2D eigenvalue weighted by molar-refractivity contribution is 5.89. The minimum atomic E-state index is -0.363. The lowest BCUT2D eigenvalue weighted by atomic mass is 10.2. The smallest absolute Gasteiger partial charge is 0.339 e. The maximum atomic E-state index is 13.9. The first kappa shape index (κ1) is 18.0. The molecule has 26 heavy (non-hydrogen) atoms. The van der Waals surface area contributed by atoms with Gasteiger partial charge in [0.15, 0.2) is 11.6 Å². The molecule has 0 bridgehead atoms. The van der Waals surface area contributed by atoms with Crippen molar-refractivity contribution >= 4 is 17.5 Å². The molecular weight excluding hydrogens is 337 g/mol. The number of carbonyl (C=O) groups excluding carboxylic acids is 1. The number of piperazine rings is 1. The van der Waals surface area contributed by atoms with Crippen LogP contribution in [-0.4, -0.2) is 50.8 Å². The molecule has 1 aliphatic rings. The van der Waals surface area contributed by atoms with Gasteiger partial charge >= 0.3 is 5.97 Å². The monoisotopic (exact) mass is 359 g/mol. The van der Waals surface area contributed by atoms with Gasteiger partial charge in [-0.3, -0.25) is 0 Å². The first-order valence-corrected chi connectivity index (χ1v) is 8.59. The number of carbonyl (C=O) groups is 1. The van der Waals surface area contributed by atoms with Gasteiger partial charge in [-0.2, -0.15) is 0 Å². The van der Waals surface area contributed by atoms with Crippen LogP contribution < -0.4 is 14.5 Å². The van der Waals surface area contributed by atoms with Crippen LogP contribution in [0.15, 0.2) is 36.5 Å². The number of pyridine rings is 1. The van der Waals surface area contributed by atoms with Gasteiger partial charge in [-0.25, -0.2) is 14.2 Å². The highest BCUT2D eigenvalue weighted by Crippen LogP contribution is 2.25. The normalized spacial score (nSPS) is 14.3. The van der Waals surface area contributed by atoms with E-state index < -0.39 is 0 Å². The molecule has 6 nitrogen and oxygen atoms in total. The summed E-state index contributed by atoms with van der Waals surface area (Å²) in [7, 11) is 1.46. The maximum Gasteiger partial charge on any atom is 0.339 e. The fourth-order valence-corrected chi connectivity index (χ4v) is 2.95. The van der Waals surface area contributed by atoms with Crippen molar-refractivity contribution in [2.75, 3.05) is 49.7 Å². The third kappa shape index (κ3) is 3.87. The predicted molar refractivity (Wildman–Crippen MR) is 97.6 cm³/mol. The van der Waals surface area contributed by atoms with Crippen LogP contribution in [0.25, 0.3) is 0 Å². The van der Waals surface area contributed by atoms with Gasteiger partial charge in [-0.15, -0.1) is 0 Å². The molecule has 2 aromatic rings. The van der Waals surface area contributed by atoms with E-state index in [1.54, 1.807) is 25.3 Å². The van der Waals surface area contributed by atoms with E-state index in [0.717, 1.165) is 37.7 Å². The Hall–Kier alpha value is -2.83. The Morgan fingerprint density at radius 3 is 2.46 bits per heavy atom. The summed E-state index contributed by atoms with van der Waals surface area (Å²) in [6, 6.07) is 8.57. The van der Waals surface area contributed by atoms with Crippen molar-refractivity contribution in [1.82, 2.24) is 4.98 Å². The predicted octanol–water partition coefficient (Wildman–Crippen LogP) is 2.73. The van der Waals surface area contributed by atoms with E-state index in [-0.39, 0.29) is 17.5 Å². The van der Waals surface area contributed by atoms with Crippen molar-refractivity contribution in [3.63, 3.8) is 0 Å². The lowest BCUT2D eigenvalue weighted by Gasteiger charge is -2.36. The largest absolute Gasteiger partial charge is 0.494 e. The SMILES string of the molecule is CCOC(=O)c1ccc(N2CCN(c3ccc(OC)c(F)c3)CC2)nc1. The molecule has 0 aliphatic carbocycles. The zero-order valence-electron chi connectivity index (χ0n) is 14.9. The van der Waals surface area contributed by atoms with Crippen LogP contribution in [0.5, 0.6) is 5.75 Å². The molecule has 1 aliphatic heterocycles. The highest BCUT2D eigenvalue weighted by Gasteiger charge is 2.19. The number of hydrogen-bond acceptors (Lipinski definition) is 6. The van der Waals surface area contributed by atoms with Crippen LogP contribution in [0, 0.1) is 5.82 Å². The summed E-state index contributed by atoms with van der Waals surface area (Å²) in [5.41, 5.74) is 1.29. The number of esters is 1. The van der Waals surface area contributed by atoms with Gasteiger partial charge < -0.3 is 19.3 Å². The van der Waals surface area contributed by atoms with Crippen LogP contribution in [0.4, 0.5) is 15.9 Å².